The summed E-state index contributed by atoms with van der Waals surface area (Å²) in [6.07, 6.45) is -9.62. The number of H-pyrrole nitrogens is 2. The zero-order valence-corrected chi connectivity index (χ0v) is 59.9. The van der Waals surface area contributed by atoms with Gasteiger partial charge in [0, 0.05) is 47.0 Å². The van der Waals surface area contributed by atoms with Gasteiger partial charge >= 0.3 is 37.7 Å². The van der Waals surface area contributed by atoms with Gasteiger partial charge in [-0.05, 0) is 60.2 Å². The van der Waals surface area contributed by atoms with Crippen molar-refractivity contribution in [1.29, 1.82) is 0 Å². The fourth-order valence-corrected chi connectivity index (χ4v) is 12.3. The molecule has 23 N–H and O–H groups in total. The number of primary amides is 1. The number of hydrogen-bond acceptors (Lipinski definition) is 23. The van der Waals surface area contributed by atoms with Gasteiger partial charge in [-0.25, -0.2) is 9.36 Å². The Balaban J connectivity index is 1.40. The summed E-state index contributed by atoms with van der Waals surface area (Å²) in [5, 5.41) is 85.1. The summed E-state index contributed by atoms with van der Waals surface area (Å²) in [6.45, 7) is 1.15. The lowest BCUT2D eigenvalue weighted by atomic mass is 9.95. The number of rotatable bonds is 25. The number of epoxide rings is 1. The molecule has 111 heavy (non-hydrogen) atoms. The second-order valence-electron chi connectivity index (χ2n) is 25.8. The van der Waals surface area contributed by atoms with E-state index >= 15 is 19.2 Å². The standard InChI is InChI=1S/C67H81N14O29P/c1-4-9-44-54(109-44)66(103)77-43(27-82)61(98)80-51-29(3)108-67(104)42(20-32-25-70-37-13-8-6-11-35(32)37)76-62(99)50(28(2)18-46(85)86)79-65(102)53(55(56(68)93)110-111(105,106)107)78-45(84)26-71-57(94)39(21-47(87)88)75-64(101)52(30-14-16-33(83)17-15-30)81-60(97)41(23-49(91)92)73-59(96)40(22-48(89)90)72-58(95)38(74-63(51)100)19-31-24-69-36-12-7-5-10-34(31)36/h5-8,10-17,24-25,28-29,38-44,50-55,69-70,82-83H,4,9,18-23,26-27H2,1-3H3,(H2,68,93)(H,71,94)(H,72,95)(H,73,96)(H,74,100)(H,75,101)(H,76,99)(H,77,103)(H,78,84)(H,79,102)(H,80,98)(H,81,97)(H,85,86)(H,87,88)(H,89,90)(H,91,92)(H2,105,106,107). The molecule has 2 fully saturated rings. The lowest BCUT2D eigenvalue weighted by molar-refractivity contribution is -0.156. The molecule has 7 rings (SSSR count). The van der Waals surface area contributed by atoms with Crippen molar-refractivity contribution in [3.63, 3.8) is 0 Å². The molecule has 0 saturated carbocycles. The predicted molar refractivity (Wildman–Crippen MR) is 374 cm³/mol. The van der Waals surface area contributed by atoms with Gasteiger partial charge in [-0.3, -0.25) is 81.2 Å². The van der Waals surface area contributed by atoms with E-state index in [4.69, 9.17) is 15.2 Å². The van der Waals surface area contributed by atoms with Gasteiger partial charge in [0.15, 0.2) is 12.2 Å². The highest BCUT2D eigenvalue weighted by atomic mass is 31.2. The van der Waals surface area contributed by atoms with Crippen LogP contribution in [0.1, 0.15) is 82.0 Å². The lowest BCUT2D eigenvalue weighted by Crippen LogP contribution is -2.63. The molecule has 44 heteroatoms. The Kier molecular flexibility index (Phi) is 29.8. The summed E-state index contributed by atoms with van der Waals surface area (Å²) in [5.41, 5.74) is 6.38. The number of aromatic amines is 2. The molecule has 5 aromatic rings. The minimum absolute atomic E-state index is 0.197. The van der Waals surface area contributed by atoms with Crippen molar-refractivity contribution in [3.05, 3.63) is 102 Å². The highest BCUT2D eigenvalue weighted by Gasteiger charge is 2.47. The molecule has 2 aliphatic heterocycles. The third-order valence-electron chi connectivity index (χ3n) is 17.3. The number of esters is 1. The molecule has 15 unspecified atom stereocenters. The number of para-hydroxylation sites is 2. The number of phenols is 1. The normalized spacial score (nSPS) is 24.1. The fraction of sp³-hybridized carbons (Fsp3) is 0.418. The summed E-state index contributed by atoms with van der Waals surface area (Å²) in [5.74, 6) is -29.6. The number of carboxylic acid groups (broad SMARTS) is 4. The number of aromatic hydroxyl groups is 1. The second-order valence-corrected chi connectivity index (χ2v) is 27.0. The van der Waals surface area contributed by atoms with Crippen LogP contribution in [0, 0.1) is 5.92 Å². The molecule has 0 radical (unpaired) electrons. The maximum Gasteiger partial charge on any atom is 0.470 e. The molecule has 2 aromatic heterocycles. The molecule has 598 valence electrons. The summed E-state index contributed by atoms with van der Waals surface area (Å²) in [7, 11) is -6.01. The van der Waals surface area contributed by atoms with E-state index in [9.17, 15) is 107 Å². The second kappa shape index (κ2) is 38.6. The van der Waals surface area contributed by atoms with Crippen molar-refractivity contribution in [2.45, 2.75) is 157 Å². The number of nitrogens with one attached hydrogen (secondary N) is 13. The van der Waals surface area contributed by atoms with E-state index in [0.717, 1.165) is 38.1 Å². The molecule has 12 amide bonds. The monoisotopic (exact) mass is 1580 g/mol. The third-order valence-corrected chi connectivity index (χ3v) is 17.8. The van der Waals surface area contributed by atoms with Crippen LogP contribution in [0.3, 0.4) is 0 Å². The Morgan fingerprint density at radius 3 is 1.63 bits per heavy atom. The van der Waals surface area contributed by atoms with Gasteiger partial charge in [0.2, 0.25) is 65.0 Å². The Hall–Kier alpha value is -12.4. The van der Waals surface area contributed by atoms with E-state index < -0.39 is 257 Å². The van der Waals surface area contributed by atoms with Crippen molar-refractivity contribution >= 4 is 130 Å². The van der Waals surface area contributed by atoms with E-state index in [0.29, 0.717) is 34.6 Å². The smallest absolute Gasteiger partial charge is 0.470 e. The zero-order chi connectivity index (χ0) is 81.9. The number of aliphatic hydroxyl groups is 1. The number of phosphoric acid groups is 1. The summed E-state index contributed by atoms with van der Waals surface area (Å²) < 4.78 is 28.2. The summed E-state index contributed by atoms with van der Waals surface area (Å²) in [4.78, 5) is 263. The summed E-state index contributed by atoms with van der Waals surface area (Å²) >= 11 is 0. The number of aliphatic hydroxyl groups excluding tert-OH is 1. The van der Waals surface area contributed by atoms with Crippen LogP contribution >= 0.6 is 7.82 Å². The van der Waals surface area contributed by atoms with Crippen LogP contribution in [-0.2, 0) is 113 Å². The first kappa shape index (κ1) is 85.8. The van der Waals surface area contributed by atoms with E-state index in [1.165, 1.54) is 12.4 Å². The molecule has 2 saturated heterocycles. The van der Waals surface area contributed by atoms with Crippen LogP contribution in [0.25, 0.3) is 21.8 Å². The van der Waals surface area contributed by atoms with Gasteiger partial charge in [-0.2, -0.15) is 0 Å². The first-order valence-corrected chi connectivity index (χ1v) is 35.4. The van der Waals surface area contributed by atoms with Gasteiger partial charge in [0.1, 0.15) is 72.3 Å². The number of aliphatic carboxylic acids is 4. The molecule has 2 aliphatic rings. The number of aromatic nitrogens is 2. The molecule has 43 nitrogen and oxygen atoms in total. The van der Waals surface area contributed by atoms with Crippen LogP contribution in [0.4, 0.5) is 0 Å². The van der Waals surface area contributed by atoms with Crippen LogP contribution in [-0.4, -0.2) is 243 Å². The number of carbonyl (C=O) groups is 17. The van der Waals surface area contributed by atoms with Crippen molar-refractivity contribution < 1.29 is 140 Å². The third kappa shape index (κ3) is 24.5. The van der Waals surface area contributed by atoms with Crippen LogP contribution in [0.2, 0.25) is 0 Å². The SMILES string of the molecule is CCCC1OC1C(=O)NC(CO)C(=O)NC1C(=O)NC(Cc2c[nH]c3ccccc23)C(=O)NC(CC(=O)O)C(=O)NC(CC(=O)O)C(=O)NC(c2ccc(O)cc2)C(=O)NC(CC(=O)O)C(=O)NCC(=O)NC(C(OP(=O)(O)O)C(N)=O)C(=O)NC(C(C)CC(=O)O)C(=O)NC(Cc2c[nH]c3ccccc23)C(=O)OC1C. The quantitative estimate of drug-likeness (QED) is 0.0147. The van der Waals surface area contributed by atoms with Crippen LogP contribution in [0.15, 0.2) is 85.2 Å². The molecule has 0 bridgehead atoms. The van der Waals surface area contributed by atoms with E-state index in [1.807, 2.05) is 26.6 Å². The van der Waals surface area contributed by atoms with Crippen molar-refractivity contribution in [2.24, 2.45) is 11.7 Å². The van der Waals surface area contributed by atoms with E-state index in [1.54, 1.807) is 55.5 Å². The van der Waals surface area contributed by atoms with Gasteiger partial charge in [0.25, 0.3) is 5.91 Å². The molecular weight excluding hydrogens is 1500 g/mol. The number of hydrogen-bond donors (Lipinski definition) is 22. The molecule has 15 atom stereocenters. The molecule has 4 heterocycles. The van der Waals surface area contributed by atoms with Crippen molar-refractivity contribution in [1.82, 2.24) is 68.5 Å². The number of phenolic OH excluding ortho intramolecular Hbond substituents is 1. The average molecular weight is 1580 g/mol. The van der Waals surface area contributed by atoms with E-state index in [-0.39, 0.29) is 16.7 Å². The van der Waals surface area contributed by atoms with Gasteiger partial charge in [-0.15, -0.1) is 0 Å². The topological polar surface area (TPSA) is 690 Å². The molecule has 0 aliphatic carbocycles. The minimum atomic E-state index is -6.01. The molecule has 0 spiro atoms. The van der Waals surface area contributed by atoms with Crippen LogP contribution in [0.5, 0.6) is 5.75 Å². The van der Waals surface area contributed by atoms with Gasteiger partial charge in [-0.1, -0.05) is 68.8 Å². The first-order valence-electron chi connectivity index (χ1n) is 33.9. The number of phosphoric ester groups is 1. The van der Waals surface area contributed by atoms with Crippen molar-refractivity contribution in [3.8, 4) is 5.75 Å². The number of benzene rings is 3. The number of amides is 12. The number of carboxylic acids is 4. The molecule has 3 aromatic carbocycles. The Morgan fingerprint density at radius 1 is 0.613 bits per heavy atom. The number of carbonyl (C=O) groups excluding carboxylic acids is 13. The maximum atomic E-state index is 15.4. The Morgan fingerprint density at radius 2 is 1.11 bits per heavy atom. The largest absolute Gasteiger partial charge is 0.508 e. The highest BCUT2D eigenvalue weighted by molar-refractivity contribution is 7.46. The van der Waals surface area contributed by atoms with Gasteiger partial charge < -0.3 is 124 Å². The number of fused-ring (bicyclic) bond motifs is 2. The Labute approximate surface area is 626 Å². The first-order chi connectivity index (χ1) is 52.3. The van der Waals surface area contributed by atoms with Crippen LogP contribution < -0.4 is 64.2 Å². The predicted octanol–water partition coefficient (Wildman–Crippen LogP) is -5.52. The maximum absolute atomic E-state index is 15.4. The van der Waals surface area contributed by atoms with Gasteiger partial charge in [0.05, 0.1) is 44.9 Å². The highest BCUT2D eigenvalue weighted by Crippen LogP contribution is 2.38. The van der Waals surface area contributed by atoms with E-state index in [2.05, 4.69) is 46.4 Å². The molecular formula is C67H81N14O29P. The minimum Gasteiger partial charge on any atom is -0.508 e. The van der Waals surface area contributed by atoms with Crippen molar-refractivity contribution in [2.75, 3.05) is 13.2 Å². The number of ether oxygens (including phenoxy) is 2. The fourth-order valence-electron chi connectivity index (χ4n) is 11.8. The lowest BCUT2D eigenvalue weighted by Gasteiger charge is -2.31. The Bertz CT molecular complexity index is 4430. The zero-order valence-electron chi connectivity index (χ0n) is 59.0. The number of cyclic esters (lactones) is 1. The summed E-state index contributed by atoms with van der Waals surface area (Å²) in [6, 6.07) is -6.43. The number of nitrogens with two attached hydrogens (primary N) is 1. The average Bonchev–Trinajstić information content (AvgIpc) is 1.77.